The highest BCUT2D eigenvalue weighted by Gasteiger charge is 2.16. The molecular formula is C16H21N3O4. The number of ether oxygens (including phenoxy) is 2. The van der Waals surface area contributed by atoms with Crippen LogP contribution in [-0.2, 0) is 22.4 Å². The average Bonchev–Trinajstić information content (AvgIpc) is 2.58. The number of hydrogen-bond donors (Lipinski definition) is 1. The van der Waals surface area contributed by atoms with Crippen LogP contribution in [0.4, 0.5) is 0 Å². The van der Waals surface area contributed by atoms with E-state index < -0.39 is 0 Å². The quantitative estimate of drug-likeness (QED) is 0.861. The number of fused-ring (bicyclic) bond motifs is 1. The van der Waals surface area contributed by atoms with Crippen molar-refractivity contribution < 1.29 is 14.6 Å². The number of pyridine rings is 1. The molecule has 1 N–H and O–H groups in total. The Morgan fingerprint density at radius 3 is 2.87 bits per heavy atom. The summed E-state index contributed by atoms with van der Waals surface area (Å²) in [6, 6.07) is 1.78. The molecule has 1 fully saturated rings. The Morgan fingerprint density at radius 2 is 2.13 bits per heavy atom. The summed E-state index contributed by atoms with van der Waals surface area (Å²) in [5.74, 6) is 0.0642. The first-order valence-corrected chi connectivity index (χ1v) is 7.71. The number of morpholine rings is 1. The number of nitrogens with zero attached hydrogens (tertiary/aromatic N) is 3. The first-order valence-electron chi connectivity index (χ1n) is 7.71. The molecule has 0 spiro atoms. The largest absolute Gasteiger partial charge is 0.504 e. The van der Waals surface area contributed by atoms with E-state index in [-0.39, 0.29) is 11.3 Å². The Labute approximate surface area is 134 Å². The topological polar surface area (TPSA) is 76.3 Å². The van der Waals surface area contributed by atoms with Crippen molar-refractivity contribution in [1.82, 2.24) is 14.3 Å². The zero-order valence-electron chi connectivity index (χ0n) is 13.2. The van der Waals surface area contributed by atoms with Crippen molar-refractivity contribution in [2.24, 2.45) is 0 Å². The predicted octanol–water partition coefficient (Wildman–Crippen LogP) is 0.421. The lowest BCUT2D eigenvalue weighted by Gasteiger charge is -2.26. The number of aromatic hydroxyl groups is 1. The monoisotopic (exact) mass is 319 g/mol. The van der Waals surface area contributed by atoms with E-state index >= 15 is 0 Å². The summed E-state index contributed by atoms with van der Waals surface area (Å²) in [6.45, 7) is 4.16. The van der Waals surface area contributed by atoms with Gasteiger partial charge in [-0.05, 0) is 6.07 Å². The fourth-order valence-electron chi connectivity index (χ4n) is 2.72. The maximum Gasteiger partial charge on any atom is 0.261 e. The molecule has 0 bridgehead atoms. The fraction of sp³-hybridized carbons (Fsp3) is 0.500. The molecule has 0 aliphatic carbocycles. The van der Waals surface area contributed by atoms with E-state index in [1.165, 1.54) is 10.6 Å². The Kier molecular flexibility index (Phi) is 4.90. The van der Waals surface area contributed by atoms with Crippen molar-refractivity contribution in [3.8, 4) is 5.75 Å². The second-order valence-corrected chi connectivity index (χ2v) is 5.60. The second kappa shape index (κ2) is 7.08. The van der Waals surface area contributed by atoms with E-state index in [1.54, 1.807) is 19.4 Å². The molecule has 23 heavy (non-hydrogen) atoms. The number of hydrogen-bond acceptors (Lipinski definition) is 6. The fourth-order valence-corrected chi connectivity index (χ4v) is 2.72. The molecule has 0 saturated carbocycles. The van der Waals surface area contributed by atoms with Gasteiger partial charge in [-0.15, -0.1) is 0 Å². The molecule has 7 heteroatoms. The van der Waals surface area contributed by atoms with E-state index in [1.807, 2.05) is 0 Å². The molecule has 3 heterocycles. The zero-order valence-corrected chi connectivity index (χ0v) is 13.2. The van der Waals surface area contributed by atoms with Crippen LogP contribution in [0.1, 0.15) is 11.1 Å². The smallest absolute Gasteiger partial charge is 0.261 e. The van der Waals surface area contributed by atoms with Crippen molar-refractivity contribution in [3.63, 3.8) is 0 Å². The standard InChI is InChI=1S/C16H21N3O4/c1-22-7-3-12-10-17-15-14(20)13(2-4-19(15)16(12)21)11-18-5-8-23-9-6-18/h2,4,10,20H,3,5-9,11H2,1H3. The molecule has 0 atom stereocenters. The van der Waals surface area contributed by atoms with Crippen LogP contribution in [0.3, 0.4) is 0 Å². The van der Waals surface area contributed by atoms with Gasteiger partial charge in [0.2, 0.25) is 0 Å². The van der Waals surface area contributed by atoms with E-state index in [2.05, 4.69) is 9.88 Å². The minimum Gasteiger partial charge on any atom is -0.504 e. The zero-order chi connectivity index (χ0) is 16.2. The van der Waals surface area contributed by atoms with Gasteiger partial charge in [-0.25, -0.2) is 4.98 Å². The van der Waals surface area contributed by atoms with E-state index in [4.69, 9.17) is 9.47 Å². The number of methoxy groups -OCH3 is 1. The molecule has 0 radical (unpaired) electrons. The van der Waals surface area contributed by atoms with Gasteiger partial charge in [0, 0.05) is 56.7 Å². The van der Waals surface area contributed by atoms with Gasteiger partial charge in [-0.3, -0.25) is 14.1 Å². The van der Waals surface area contributed by atoms with Crippen molar-refractivity contribution in [2.45, 2.75) is 13.0 Å². The lowest BCUT2D eigenvalue weighted by molar-refractivity contribution is 0.0339. The highest BCUT2D eigenvalue weighted by Crippen LogP contribution is 2.23. The Balaban J connectivity index is 1.91. The van der Waals surface area contributed by atoms with Crippen LogP contribution in [0.5, 0.6) is 5.75 Å². The molecular weight excluding hydrogens is 298 g/mol. The van der Waals surface area contributed by atoms with Crippen LogP contribution >= 0.6 is 0 Å². The summed E-state index contributed by atoms with van der Waals surface area (Å²) in [6.07, 6.45) is 3.70. The third-order valence-corrected chi connectivity index (χ3v) is 4.08. The summed E-state index contributed by atoms with van der Waals surface area (Å²) in [5, 5.41) is 10.5. The van der Waals surface area contributed by atoms with Crippen molar-refractivity contribution in [1.29, 1.82) is 0 Å². The third-order valence-electron chi connectivity index (χ3n) is 4.08. The molecule has 0 amide bonds. The van der Waals surface area contributed by atoms with Gasteiger partial charge in [-0.2, -0.15) is 0 Å². The third kappa shape index (κ3) is 3.36. The van der Waals surface area contributed by atoms with Gasteiger partial charge >= 0.3 is 0 Å². The van der Waals surface area contributed by atoms with Crippen LogP contribution < -0.4 is 5.56 Å². The van der Waals surface area contributed by atoms with Crippen LogP contribution in [0, 0.1) is 0 Å². The van der Waals surface area contributed by atoms with Gasteiger partial charge in [0.25, 0.3) is 5.56 Å². The molecule has 2 aromatic heterocycles. The maximum absolute atomic E-state index is 12.4. The van der Waals surface area contributed by atoms with E-state index in [9.17, 15) is 9.90 Å². The normalized spacial score (nSPS) is 16.0. The molecule has 7 nitrogen and oxygen atoms in total. The highest BCUT2D eigenvalue weighted by molar-refractivity contribution is 5.56. The Morgan fingerprint density at radius 1 is 1.35 bits per heavy atom. The molecule has 2 aromatic rings. The average molecular weight is 319 g/mol. The SMILES string of the molecule is COCCc1cnc2c(O)c(CN3CCOCC3)ccn2c1=O. The first kappa shape index (κ1) is 15.9. The van der Waals surface area contributed by atoms with Crippen molar-refractivity contribution >= 4 is 5.65 Å². The van der Waals surface area contributed by atoms with Gasteiger partial charge in [0.15, 0.2) is 11.4 Å². The van der Waals surface area contributed by atoms with Crippen LogP contribution in [0.25, 0.3) is 5.65 Å². The van der Waals surface area contributed by atoms with E-state index in [0.29, 0.717) is 44.0 Å². The summed E-state index contributed by atoms with van der Waals surface area (Å²) < 4.78 is 11.7. The van der Waals surface area contributed by atoms with Gasteiger partial charge in [0.05, 0.1) is 19.8 Å². The van der Waals surface area contributed by atoms with Gasteiger partial charge in [0.1, 0.15) is 0 Å². The molecule has 3 rings (SSSR count). The van der Waals surface area contributed by atoms with Crippen LogP contribution in [0.15, 0.2) is 23.3 Å². The van der Waals surface area contributed by atoms with Crippen molar-refractivity contribution in [3.05, 3.63) is 39.9 Å². The highest BCUT2D eigenvalue weighted by atomic mass is 16.5. The van der Waals surface area contributed by atoms with Gasteiger partial charge in [-0.1, -0.05) is 0 Å². The summed E-state index contributed by atoms with van der Waals surface area (Å²) in [7, 11) is 1.59. The minimum atomic E-state index is -0.166. The Hall–Kier alpha value is -1.96. The Bertz CT molecular complexity index is 738. The lowest BCUT2D eigenvalue weighted by atomic mass is 10.2. The number of aromatic nitrogens is 2. The summed E-state index contributed by atoms with van der Waals surface area (Å²) in [5.41, 5.74) is 1.47. The van der Waals surface area contributed by atoms with Gasteiger partial charge < -0.3 is 14.6 Å². The predicted molar refractivity (Wildman–Crippen MR) is 84.8 cm³/mol. The van der Waals surface area contributed by atoms with E-state index in [0.717, 1.165) is 18.7 Å². The molecule has 0 unspecified atom stereocenters. The summed E-state index contributed by atoms with van der Waals surface area (Å²) in [4.78, 5) is 18.9. The van der Waals surface area contributed by atoms with Crippen LogP contribution in [0.2, 0.25) is 0 Å². The molecule has 1 aliphatic heterocycles. The molecule has 1 saturated heterocycles. The number of rotatable bonds is 5. The summed E-state index contributed by atoms with van der Waals surface area (Å²) >= 11 is 0. The molecule has 0 aromatic carbocycles. The second-order valence-electron chi connectivity index (χ2n) is 5.60. The lowest BCUT2D eigenvalue weighted by Crippen LogP contribution is -2.35. The molecule has 1 aliphatic rings. The molecule has 124 valence electrons. The first-order chi connectivity index (χ1) is 11.2. The minimum absolute atomic E-state index is 0.0642. The maximum atomic E-state index is 12.4. The van der Waals surface area contributed by atoms with Crippen molar-refractivity contribution in [2.75, 3.05) is 40.0 Å². The van der Waals surface area contributed by atoms with Crippen LogP contribution in [-0.4, -0.2) is 59.4 Å².